The summed E-state index contributed by atoms with van der Waals surface area (Å²) in [4.78, 5) is 11.8. The molecule has 182 valence electrons. The van der Waals surface area contributed by atoms with Gasteiger partial charge in [-0.1, -0.05) is 25.7 Å². The number of aryl methyl sites for hydroxylation is 1. The Morgan fingerprint density at radius 2 is 2.06 bits per heavy atom. The van der Waals surface area contributed by atoms with Crippen molar-refractivity contribution in [1.82, 2.24) is 10.2 Å². The van der Waals surface area contributed by atoms with Gasteiger partial charge in [-0.2, -0.15) is 18.4 Å². The van der Waals surface area contributed by atoms with Gasteiger partial charge >= 0.3 is 6.18 Å². The number of allylic oxidation sites excluding steroid dienone is 1. The van der Waals surface area contributed by atoms with Gasteiger partial charge in [-0.25, -0.2) is 0 Å². The van der Waals surface area contributed by atoms with E-state index in [2.05, 4.69) is 28.1 Å². The van der Waals surface area contributed by atoms with Crippen LogP contribution in [0.1, 0.15) is 67.5 Å². The zero-order valence-corrected chi connectivity index (χ0v) is 19.6. The lowest BCUT2D eigenvalue weighted by atomic mass is 9.61. The van der Waals surface area contributed by atoms with Gasteiger partial charge in [0.15, 0.2) is 0 Å². The van der Waals surface area contributed by atoms with Crippen LogP contribution in [-0.2, 0) is 16.4 Å². The third kappa shape index (κ3) is 4.16. The van der Waals surface area contributed by atoms with E-state index in [0.29, 0.717) is 24.1 Å². The van der Waals surface area contributed by atoms with Crippen molar-refractivity contribution in [3.8, 4) is 23.8 Å². The molecule has 2 heterocycles. The van der Waals surface area contributed by atoms with E-state index in [-0.39, 0.29) is 40.2 Å². The molecule has 4 rings (SSSR count). The first-order chi connectivity index (χ1) is 16.5. The molecule has 1 aromatic heterocycles. The monoisotopic (exact) mass is 482 g/mol. The van der Waals surface area contributed by atoms with Gasteiger partial charge in [0.1, 0.15) is 17.4 Å². The molecular formula is C26H25F3N4O2. The molecule has 0 spiro atoms. The number of benzene rings is 1. The van der Waals surface area contributed by atoms with Crippen molar-refractivity contribution < 1.29 is 22.7 Å². The van der Waals surface area contributed by atoms with Crippen molar-refractivity contribution in [3.05, 3.63) is 57.6 Å². The number of fused-ring (bicyclic) bond motifs is 1. The fourth-order valence-electron chi connectivity index (χ4n) is 5.19. The number of alkyl halides is 3. The van der Waals surface area contributed by atoms with Gasteiger partial charge in [0.25, 0.3) is 0 Å². The van der Waals surface area contributed by atoms with Crippen molar-refractivity contribution in [2.45, 2.75) is 58.0 Å². The Hall–Kier alpha value is -3.72. The summed E-state index contributed by atoms with van der Waals surface area (Å²) in [7, 11) is 0. The number of hydrogen-bond donors (Lipinski definition) is 2. The van der Waals surface area contributed by atoms with Crippen LogP contribution in [0.5, 0.6) is 5.88 Å². The summed E-state index contributed by atoms with van der Waals surface area (Å²) in [5.74, 6) is 5.32. The lowest BCUT2D eigenvalue weighted by Crippen LogP contribution is -2.41. The van der Waals surface area contributed by atoms with Crippen LogP contribution in [0.2, 0.25) is 0 Å². The van der Waals surface area contributed by atoms with E-state index in [4.69, 9.17) is 10.5 Å². The number of aromatic nitrogens is 2. The maximum atomic E-state index is 14.0. The minimum absolute atomic E-state index is 0.0145. The highest BCUT2D eigenvalue weighted by Crippen LogP contribution is 2.53. The molecule has 1 fully saturated rings. The van der Waals surface area contributed by atoms with E-state index in [0.717, 1.165) is 25.0 Å². The maximum absolute atomic E-state index is 14.0. The summed E-state index contributed by atoms with van der Waals surface area (Å²) >= 11 is 0. The number of nitriles is 1. The van der Waals surface area contributed by atoms with Crippen LogP contribution in [0.15, 0.2) is 29.7 Å². The van der Waals surface area contributed by atoms with Crippen molar-refractivity contribution in [1.29, 1.82) is 5.26 Å². The molecule has 2 aliphatic rings. The number of rotatable bonds is 2. The zero-order valence-electron chi connectivity index (χ0n) is 19.6. The smallest absolute Gasteiger partial charge is 0.416 e. The summed E-state index contributed by atoms with van der Waals surface area (Å²) in [6.07, 6.45) is -2.37. The van der Waals surface area contributed by atoms with Crippen LogP contribution in [0.3, 0.4) is 0 Å². The van der Waals surface area contributed by atoms with Crippen LogP contribution in [0, 0.1) is 41.9 Å². The summed E-state index contributed by atoms with van der Waals surface area (Å²) in [5.41, 5.74) is 5.27. The van der Waals surface area contributed by atoms with E-state index in [9.17, 15) is 23.2 Å². The maximum Gasteiger partial charge on any atom is 0.416 e. The van der Waals surface area contributed by atoms with Gasteiger partial charge in [0.2, 0.25) is 11.8 Å². The van der Waals surface area contributed by atoms with Crippen molar-refractivity contribution in [2.75, 3.05) is 0 Å². The lowest BCUT2D eigenvalue weighted by Gasteiger charge is -2.41. The molecule has 0 radical (unpaired) electrons. The number of carbonyl (C=O) groups is 1. The van der Waals surface area contributed by atoms with Crippen LogP contribution in [0.25, 0.3) is 0 Å². The molecule has 3 N–H and O–H groups in total. The molecule has 2 unspecified atom stereocenters. The third-order valence-corrected chi connectivity index (χ3v) is 6.75. The molecule has 1 aliphatic heterocycles. The number of halogens is 3. The molecule has 2 aromatic rings. The second kappa shape index (κ2) is 8.81. The highest BCUT2D eigenvalue weighted by molar-refractivity contribution is 5.79. The number of Topliss-reactive ketones (excluding diaryl/α,β-unsaturated/α-hetero) is 1. The number of ether oxygens (including phenoxy) is 1. The first-order valence-electron chi connectivity index (χ1n) is 11.4. The molecular weight excluding hydrogens is 457 g/mol. The Morgan fingerprint density at radius 1 is 1.31 bits per heavy atom. The number of H-pyrrole nitrogens is 1. The third-order valence-electron chi connectivity index (χ3n) is 6.75. The molecule has 2 atom stereocenters. The number of ketones is 1. The second-order valence-electron chi connectivity index (χ2n) is 9.34. The van der Waals surface area contributed by atoms with Gasteiger partial charge in [-0.3, -0.25) is 9.89 Å². The van der Waals surface area contributed by atoms with Crippen LogP contribution in [-0.4, -0.2) is 16.0 Å². The molecule has 35 heavy (non-hydrogen) atoms. The average Bonchev–Trinajstić information content (AvgIpc) is 3.16. The van der Waals surface area contributed by atoms with Crippen LogP contribution < -0.4 is 10.5 Å². The largest absolute Gasteiger partial charge is 0.420 e. The Balaban J connectivity index is 1.99. The fraction of sp³-hybridized carbons (Fsp3) is 0.423. The second-order valence-corrected chi connectivity index (χ2v) is 9.34. The first kappa shape index (κ1) is 24.4. The van der Waals surface area contributed by atoms with Crippen LogP contribution in [0.4, 0.5) is 13.2 Å². The van der Waals surface area contributed by atoms with E-state index in [1.54, 1.807) is 13.0 Å². The number of carbonyl (C=O) groups excluding carboxylic acids is 1. The van der Waals surface area contributed by atoms with E-state index < -0.39 is 23.1 Å². The quantitative estimate of drug-likeness (QED) is 0.594. The van der Waals surface area contributed by atoms with Gasteiger partial charge in [-0.15, -0.1) is 5.10 Å². The van der Waals surface area contributed by atoms with Gasteiger partial charge < -0.3 is 10.5 Å². The predicted octanol–water partition coefficient (Wildman–Crippen LogP) is 4.88. The molecule has 1 aliphatic carbocycles. The van der Waals surface area contributed by atoms with E-state index >= 15 is 0 Å². The van der Waals surface area contributed by atoms with Crippen molar-refractivity contribution >= 4 is 5.78 Å². The van der Waals surface area contributed by atoms with Gasteiger partial charge in [0.05, 0.1) is 16.5 Å². The Kier molecular flexibility index (Phi) is 6.14. The SMILES string of the molecule is Cc1[nH]nc2c1C(c1cc(C#CC3CCCC(=O)C3)cc(C(F)(F)F)c1)(C(C)C)C(C#N)=C(N)O2. The molecule has 0 amide bonds. The minimum atomic E-state index is -4.65. The number of nitrogens with zero attached hydrogens (tertiary/aromatic N) is 2. The number of nitrogens with one attached hydrogen (secondary N) is 1. The van der Waals surface area contributed by atoms with Crippen molar-refractivity contribution in [3.63, 3.8) is 0 Å². The fourth-order valence-corrected chi connectivity index (χ4v) is 5.19. The predicted molar refractivity (Wildman–Crippen MR) is 122 cm³/mol. The number of hydrogen-bond acceptors (Lipinski definition) is 5. The van der Waals surface area contributed by atoms with Crippen LogP contribution >= 0.6 is 0 Å². The van der Waals surface area contributed by atoms with Crippen molar-refractivity contribution in [2.24, 2.45) is 17.6 Å². The normalized spacial score (nSPS) is 22.2. The average molecular weight is 483 g/mol. The Bertz CT molecular complexity index is 1320. The summed E-state index contributed by atoms with van der Waals surface area (Å²) in [6, 6.07) is 5.69. The highest BCUT2D eigenvalue weighted by atomic mass is 19.4. The molecule has 6 nitrogen and oxygen atoms in total. The zero-order chi connectivity index (χ0) is 25.5. The minimum Gasteiger partial charge on any atom is -0.420 e. The molecule has 1 saturated carbocycles. The summed E-state index contributed by atoms with van der Waals surface area (Å²) in [6.45, 7) is 5.34. The first-order valence-corrected chi connectivity index (χ1v) is 11.4. The molecule has 9 heteroatoms. The van der Waals surface area contributed by atoms with E-state index in [1.807, 2.05) is 13.8 Å². The Morgan fingerprint density at radius 3 is 2.69 bits per heavy atom. The topological polar surface area (TPSA) is 105 Å². The Labute approximate surface area is 201 Å². The number of nitrogens with two attached hydrogens (primary N) is 1. The summed E-state index contributed by atoms with van der Waals surface area (Å²) < 4.78 is 47.6. The molecule has 0 bridgehead atoms. The van der Waals surface area contributed by atoms with Gasteiger partial charge in [0, 0.05) is 30.0 Å². The lowest BCUT2D eigenvalue weighted by molar-refractivity contribution is -0.137. The highest BCUT2D eigenvalue weighted by Gasteiger charge is 2.51. The summed E-state index contributed by atoms with van der Waals surface area (Å²) in [5, 5.41) is 17.0. The standard InChI is InChI=1S/C26H25F3N4O2/c1-14(2)25(21(13-30)23(31)35-24-22(25)15(3)32-33-24)18-9-17(10-19(12-18)26(27,28)29)8-7-16-5-4-6-20(34)11-16/h9-10,12,14,16H,4-6,11,31H2,1-3H3,(H,32,33). The molecule has 0 saturated heterocycles. The van der Waals surface area contributed by atoms with Gasteiger partial charge in [-0.05, 0) is 49.4 Å². The van der Waals surface area contributed by atoms with E-state index in [1.165, 1.54) is 0 Å². The molecule has 1 aromatic carbocycles. The number of aromatic amines is 1.